The quantitative estimate of drug-likeness (QED) is 0.226. The Kier molecular flexibility index (Phi) is 8.14. The number of nitrogens with zero attached hydrogens (tertiary/aromatic N) is 1. The number of aliphatic imine (C=N–C) groups is 1. The number of para-hydroxylation sites is 1. The predicted octanol–water partition coefficient (Wildman–Crippen LogP) is 7.75. The molecule has 3 aromatic carbocycles. The van der Waals surface area contributed by atoms with Gasteiger partial charge in [0.05, 0.1) is 12.2 Å². The van der Waals surface area contributed by atoms with Crippen molar-refractivity contribution in [2.45, 2.75) is 39.2 Å². The van der Waals surface area contributed by atoms with E-state index in [2.05, 4.69) is 5.32 Å². The maximum Gasteiger partial charge on any atom is 0.259 e. The first-order valence-electron chi connectivity index (χ1n) is 12.8. The van der Waals surface area contributed by atoms with Crippen molar-refractivity contribution in [2.75, 3.05) is 11.9 Å². The average molecular weight is 529 g/mol. The molecular formula is C31H29FN2O3S. The maximum atomic E-state index is 13.3. The Bertz CT molecular complexity index is 1430. The molecule has 0 unspecified atom stereocenters. The maximum absolute atomic E-state index is 13.3. The topological polar surface area (TPSA) is 59.9 Å². The van der Waals surface area contributed by atoms with Crippen molar-refractivity contribution in [1.29, 1.82) is 0 Å². The number of hydrogen-bond donors (Lipinski definition) is 1. The van der Waals surface area contributed by atoms with Gasteiger partial charge in [0, 0.05) is 16.8 Å². The minimum absolute atomic E-state index is 0.123. The van der Waals surface area contributed by atoms with Crippen LogP contribution in [-0.2, 0) is 19.4 Å². The van der Waals surface area contributed by atoms with Crippen LogP contribution in [0, 0.1) is 5.82 Å². The van der Waals surface area contributed by atoms with Crippen molar-refractivity contribution >= 4 is 34.1 Å². The molecule has 0 fully saturated rings. The minimum Gasteiger partial charge on any atom is -0.490 e. The van der Waals surface area contributed by atoms with Crippen molar-refractivity contribution in [2.24, 2.45) is 4.99 Å². The highest BCUT2D eigenvalue weighted by atomic mass is 32.1. The third-order valence-corrected chi connectivity index (χ3v) is 7.52. The van der Waals surface area contributed by atoms with Gasteiger partial charge in [-0.25, -0.2) is 9.38 Å². The third-order valence-electron chi connectivity index (χ3n) is 6.32. The van der Waals surface area contributed by atoms with Crippen LogP contribution in [0.2, 0.25) is 0 Å². The lowest BCUT2D eigenvalue weighted by molar-refractivity contribution is 0.102. The molecule has 0 saturated heterocycles. The van der Waals surface area contributed by atoms with Gasteiger partial charge in [-0.3, -0.25) is 4.79 Å². The number of carbonyl (C=O) groups excluding carboxylic acids is 1. The first-order chi connectivity index (χ1) is 18.6. The van der Waals surface area contributed by atoms with Gasteiger partial charge in [-0.05, 0) is 91.8 Å². The molecule has 1 heterocycles. The standard InChI is InChI=1S/C31H29FN2O3S/c1-2-36-27-18-22(14-17-26(27)37-20-21-12-15-23(32)16-13-21)19-33-31-29(25-10-6-7-11-28(25)38-31)30(35)34-24-8-4-3-5-9-24/h3-5,8-9,12-19H,2,6-7,10-11,20H2,1H3,(H,34,35)/b33-19+. The van der Waals surface area contributed by atoms with Crippen molar-refractivity contribution in [3.8, 4) is 11.5 Å². The second-order valence-electron chi connectivity index (χ2n) is 9.02. The van der Waals surface area contributed by atoms with Crippen LogP contribution in [0.5, 0.6) is 11.5 Å². The summed E-state index contributed by atoms with van der Waals surface area (Å²) in [5.74, 6) is 0.802. The summed E-state index contributed by atoms with van der Waals surface area (Å²) >= 11 is 1.60. The van der Waals surface area contributed by atoms with Crippen LogP contribution in [0.3, 0.4) is 0 Å². The predicted molar refractivity (Wildman–Crippen MR) is 151 cm³/mol. The summed E-state index contributed by atoms with van der Waals surface area (Å²) in [5.41, 5.74) is 4.27. The van der Waals surface area contributed by atoms with E-state index in [0.717, 1.165) is 53.1 Å². The van der Waals surface area contributed by atoms with Gasteiger partial charge in [0.1, 0.15) is 17.4 Å². The van der Waals surface area contributed by atoms with Crippen LogP contribution in [-0.4, -0.2) is 18.7 Å². The Hall–Kier alpha value is -3.97. The monoisotopic (exact) mass is 528 g/mol. The second-order valence-corrected chi connectivity index (χ2v) is 10.1. The molecule has 0 radical (unpaired) electrons. The number of fused-ring (bicyclic) bond motifs is 1. The number of halogens is 1. The van der Waals surface area contributed by atoms with Gasteiger partial charge >= 0.3 is 0 Å². The van der Waals surface area contributed by atoms with Crippen molar-refractivity contribution in [1.82, 2.24) is 0 Å². The summed E-state index contributed by atoms with van der Waals surface area (Å²) in [6.45, 7) is 2.70. The van der Waals surface area contributed by atoms with Crippen molar-refractivity contribution in [3.05, 3.63) is 106 Å². The van der Waals surface area contributed by atoms with E-state index in [-0.39, 0.29) is 11.7 Å². The zero-order valence-corrected chi connectivity index (χ0v) is 22.0. The van der Waals surface area contributed by atoms with Crippen LogP contribution < -0.4 is 14.8 Å². The van der Waals surface area contributed by atoms with Crippen LogP contribution in [0.1, 0.15) is 51.7 Å². The molecule has 0 atom stereocenters. The van der Waals surface area contributed by atoms with Gasteiger partial charge in [0.2, 0.25) is 0 Å². The van der Waals surface area contributed by atoms with Crippen LogP contribution >= 0.6 is 11.3 Å². The first-order valence-corrected chi connectivity index (χ1v) is 13.6. The summed E-state index contributed by atoms with van der Waals surface area (Å²) in [6.07, 6.45) is 5.86. The Balaban J connectivity index is 1.38. The molecule has 1 amide bonds. The molecule has 1 aliphatic carbocycles. The molecule has 194 valence electrons. The second kappa shape index (κ2) is 12.0. The summed E-state index contributed by atoms with van der Waals surface area (Å²) in [6, 6.07) is 21.4. The van der Waals surface area contributed by atoms with E-state index in [9.17, 15) is 9.18 Å². The van der Waals surface area contributed by atoms with Crippen LogP contribution in [0.4, 0.5) is 15.1 Å². The highest BCUT2D eigenvalue weighted by molar-refractivity contribution is 7.16. The number of anilines is 1. The zero-order valence-electron chi connectivity index (χ0n) is 21.2. The van der Waals surface area contributed by atoms with E-state index in [1.165, 1.54) is 17.0 Å². The molecule has 0 spiro atoms. The summed E-state index contributed by atoms with van der Waals surface area (Å²) in [4.78, 5) is 19.4. The van der Waals surface area contributed by atoms with E-state index in [1.807, 2.05) is 55.5 Å². The fourth-order valence-electron chi connectivity index (χ4n) is 4.46. The molecule has 0 saturated carbocycles. The molecule has 1 aliphatic rings. The third kappa shape index (κ3) is 6.11. The molecule has 0 aliphatic heterocycles. The Morgan fingerprint density at radius 2 is 1.79 bits per heavy atom. The van der Waals surface area contributed by atoms with E-state index >= 15 is 0 Å². The molecular weight excluding hydrogens is 499 g/mol. The first kappa shape index (κ1) is 25.7. The number of hydrogen-bond acceptors (Lipinski definition) is 5. The largest absolute Gasteiger partial charge is 0.490 e. The lowest BCUT2D eigenvalue weighted by Crippen LogP contribution is -2.14. The van der Waals surface area contributed by atoms with E-state index in [0.29, 0.717) is 30.3 Å². The molecule has 4 aromatic rings. The van der Waals surface area contributed by atoms with Crippen LogP contribution in [0.25, 0.3) is 0 Å². The highest BCUT2D eigenvalue weighted by Crippen LogP contribution is 2.40. The fraction of sp³-hybridized carbons (Fsp3) is 0.226. The molecule has 5 nitrogen and oxygen atoms in total. The van der Waals surface area contributed by atoms with Crippen molar-refractivity contribution in [3.63, 3.8) is 0 Å². The van der Waals surface area contributed by atoms with Crippen LogP contribution in [0.15, 0.2) is 77.8 Å². The molecule has 5 rings (SSSR count). The summed E-state index contributed by atoms with van der Waals surface area (Å²) in [5, 5.41) is 3.76. The van der Waals surface area contributed by atoms with Gasteiger partial charge in [-0.2, -0.15) is 0 Å². The van der Waals surface area contributed by atoms with Gasteiger partial charge < -0.3 is 14.8 Å². The van der Waals surface area contributed by atoms with E-state index < -0.39 is 0 Å². The summed E-state index contributed by atoms with van der Waals surface area (Å²) in [7, 11) is 0. The number of thiophene rings is 1. The summed E-state index contributed by atoms with van der Waals surface area (Å²) < 4.78 is 25.0. The lowest BCUT2D eigenvalue weighted by atomic mass is 9.95. The van der Waals surface area contributed by atoms with Gasteiger partial charge in [0.25, 0.3) is 5.91 Å². The fourth-order valence-corrected chi connectivity index (χ4v) is 5.69. The number of ether oxygens (including phenoxy) is 2. The van der Waals surface area contributed by atoms with Gasteiger partial charge in [-0.1, -0.05) is 30.3 Å². The number of carbonyl (C=O) groups is 1. The number of aryl methyl sites for hydroxylation is 1. The zero-order chi connectivity index (χ0) is 26.3. The number of benzene rings is 3. The van der Waals surface area contributed by atoms with Gasteiger partial charge in [-0.15, -0.1) is 11.3 Å². The number of amides is 1. The Labute approximate surface area is 226 Å². The van der Waals surface area contributed by atoms with E-state index in [1.54, 1.807) is 29.7 Å². The average Bonchev–Trinajstić information content (AvgIpc) is 3.31. The molecule has 38 heavy (non-hydrogen) atoms. The molecule has 1 N–H and O–H groups in total. The normalized spacial score (nSPS) is 12.8. The lowest BCUT2D eigenvalue weighted by Gasteiger charge is -2.13. The van der Waals surface area contributed by atoms with Crippen molar-refractivity contribution < 1.29 is 18.7 Å². The van der Waals surface area contributed by atoms with E-state index in [4.69, 9.17) is 14.5 Å². The van der Waals surface area contributed by atoms with Gasteiger partial charge in [0.15, 0.2) is 11.5 Å². The molecule has 7 heteroatoms. The number of nitrogens with one attached hydrogen (secondary N) is 1. The minimum atomic E-state index is -0.278. The molecule has 0 bridgehead atoms. The number of rotatable bonds is 9. The Morgan fingerprint density at radius 1 is 1.00 bits per heavy atom. The SMILES string of the molecule is CCOc1cc(/C=N/c2sc3c(c2C(=O)Nc2ccccc2)CCCC3)ccc1OCc1ccc(F)cc1. The Morgan fingerprint density at radius 3 is 2.58 bits per heavy atom. The smallest absolute Gasteiger partial charge is 0.259 e. The molecule has 1 aromatic heterocycles. The highest BCUT2D eigenvalue weighted by Gasteiger charge is 2.25.